The van der Waals surface area contributed by atoms with E-state index in [0.717, 1.165) is 11.3 Å². The summed E-state index contributed by atoms with van der Waals surface area (Å²) in [6.07, 6.45) is 0. The number of carbonyl (C=O) groups is 1. The molecule has 0 aliphatic carbocycles. The Labute approximate surface area is 132 Å². The fraction of sp³-hybridized carbons (Fsp3) is 0.188. The lowest BCUT2D eigenvalue weighted by molar-refractivity contribution is -0.115. The van der Waals surface area contributed by atoms with Crippen LogP contribution in [0, 0.1) is 0 Å². The molecular weight excluding hydrogens is 300 g/mol. The summed E-state index contributed by atoms with van der Waals surface area (Å²) in [6.45, 7) is 0.219. The summed E-state index contributed by atoms with van der Waals surface area (Å²) in [5.74, 6) is 1.88. The van der Waals surface area contributed by atoms with Crippen molar-refractivity contribution in [3.8, 4) is 11.5 Å². The summed E-state index contributed by atoms with van der Waals surface area (Å²) in [5.41, 5.74) is 8.53. The molecule has 0 aromatic heterocycles. The van der Waals surface area contributed by atoms with Crippen molar-refractivity contribution in [2.45, 2.75) is 5.37 Å². The molecule has 6 heteroatoms. The zero-order chi connectivity index (χ0) is 15.1. The van der Waals surface area contributed by atoms with Crippen LogP contribution in [0.5, 0.6) is 11.5 Å². The van der Waals surface area contributed by atoms with Gasteiger partial charge in [0.2, 0.25) is 12.7 Å². The van der Waals surface area contributed by atoms with E-state index in [1.54, 1.807) is 16.7 Å². The van der Waals surface area contributed by atoms with E-state index in [1.807, 2.05) is 42.5 Å². The molecule has 0 spiro atoms. The number of amides is 1. The average molecular weight is 314 g/mol. The fourth-order valence-corrected chi connectivity index (χ4v) is 3.93. The SMILES string of the molecule is Nc1ccccc1[C@@H]1SCC(=O)N1c1ccc2c(c1)OCO2. The summed E-state index contributed by atoms with van der Waals surface area (Å²) in [6, 6.07) is 13.2. The summed E-state index contributed by atoms with van der Waals surface area (Å²) in [5, 5.41) is -0.117. The Kier molecular flexibility index (Phi) is 3.11. The fourth-order valence-electron chi connectivity index (χ4n) is 2.70. The highest BCUT2D eigenvalue weighted by atomic mass is 32.2. The van der Waals surface area contributed by atoms with Crippen LogP contribution in [0.1, 0.15) is 10.9 Å². The molecule has 0 saturated carbocycles. The molecule has 0 unspecified atom stereocenters. The lowest BCUT2D eigenvalue weighted by Crippen LogP contribution is -2.28. The van der Waals surface area contributed by atoms with E-state index >= 15 is 0 Å². The first-order valence-electron chi connectivity index (χ1n) is 6.92. The van der Waals surface area contributed by atoms with Crippen LogP contribution in [0.15, 0.2) is 42.5 Å². The van der Waals surface area contributed by atoms with Crippen LogP contribution in [0.25, 0.3) is 0 Å². The minimum Gasteiger partial charge on any atom is -0.454 e. The number of hydrogen-bond acceptors (Lipinski definition) is 5. The number of hydrogen-bond donors (Lipinski definition) is 1. The van der Waals surface area contributed by atoms with Crippen molar-refractivity contribution in [3.05, 3.63) is 48.0 Å². The number of benzene rings is 2. The average Bonchev–Trinajstić information content (AvgIpc) is 3.13. The van der Waals surface area contributed by atoms with E-state index in [2.05, 4.69) is 0 Å². The molecule has 1 saturated heterocycles. The monoisotopic (exact) mass is 314 g/mol. The molecule has 0 radical (unpaired) electrons. The number of thioether (sulfide) groups is 1. The third-order valence-electron chi connectivity index (χ3n) is 3.76. The number of rotatable bonds is 2. The maximum atomic E-state index is 12.4. The lowest BCUT2D eigenvalue weighted by atomic mass is 10.1. The summed E-state index contributed by atoms with van der Waals surface area (Å²) >= 11 is 1.58. The topological polar surface area (TPSA) is 64.8 Å². The molecule has 0 bridgehead atoms. The van der Waals surface area contributed by atoms with Gasteiger partial charge in [-0.05, 0) is 18.2 Å². The van der Waals surface area contributed by atoms with Crippen molar-refractivity contribution in [1.82, 2.24) is 0 Å². The molecule has 22 heavy (non-hydrogen) atoms. The molecule has 2 aromatic rings. The van der Waals surface area contributed by atoms with Gasteiger partial charge in [0.1, 0.15) is 5.37 Å². The first-order chi connectivity index (χ1) is 10.7. The van der Waals surface area contributed by atoms with Crippen molar-refractivity contribution in [2.24, 2.45) is 0 Å². The number of nitrogens with two attached hydrogens (primary N) is 1. The molecule has 112 valence electrons. The Balaban J connectivity index is 1.75. The van der Waals surface area contributed by atoms with Crippen LogP contribution in [-0.4, -0.2) is 18.5 Å². The summed E-state index contributed by atoms with van der Waals surface area (Å²) in [4.78, 5) is 14.1. The van der Waals surface area contributed by atoms with Crippen molar-refractivity contribution in [3.63, 3.8) is 0 Å². The van der Waals surface area contributed by atoms with Gasteiger partial charge in [-0.15, -0.1) is 11.8 Å². The predicted octanol–water partition coefficient (Wildman–Crippen LogP) is 2.78. The number of fused-ring (bicyclic) bond motifs is 1. The van der Waals surface area contributed by atoms with Gasteiger partial charge in [-0.2, -0.15) is 0 Å². The number of carbonyl (C=O) groups excluding carboxylic acids is 1. The highest BCUT2D eigenvalue weighted by Crippen LogP contribution is 2.45. The second kappa shape index (κ2) is 5.14. The molecule has 2 N–H and O–H groups in total. The molecule has 2 heterocycles. The van der Waals surface area contributed by atoms with Crippen LogP contribution >= 0.6 is 11.8 Å². The first-order valence-corrected chi connectivity index (χ1v) is 7.96. The van der Waals surface area contributed by atoms with Crippen LogP contribution < -0.4 is 20.1 Å². The quantitative estimate of drug-likeness (QED) is 0.864. The Hall–Kier alpha value is -2.34. The first kappa shape index (κ1) is 13.3. The van der Waals surface area contributed by atoms with Gasteiger partial charge in [0.05, 0.1) is 5.75 Å². The second-order valence-corrected chi connectivity index (χ2v) is 6.16. The van der Waals surface area contributed by atoms with E-state index in [1.165, 1.54) is 0 Å². The van der Waals surface area contributed by atoms with Crippen molar-refractivity contribution in [2.75, 3.05) is 23.2 Å². The molecule has 4 rings (SSSR count). The maximum absolute atomic E-state index is 12.4. The number of nitrogens with zero attached hydrogens (tertiary/aromatic N) is 1. The minimum absolute atomic E-state index is 0.0668. The third-order valence-corrected chi connectivity index (χ3v) is 4.96. The molecular formula is C16H14N2O3S. The zero-order valence-electron chi connectivity index (χ0n) is 11.7. The van der Waals surface area contributed by atoms with Gasteiger partial charge in [-0.3, -0.25) is 9.69 Å². The van der Waals surface area contributed by atoms with Gasteiger partial charge < -0.3 is 15.2 Å². The highest BCUT2D eigenvalue weighted by Gasteiger charge is 2.35. The normalized spacial score (nSPS) is 19.7. The van der Waals surface area contributed by atoms with Crippen LogP contribution in [0.4, 0.5) is 11.4 Å². The van der Waals surface area contributed by atoms with Crippen LogP contribution in [-0.2, 0) is 4.79 Å². The van der Waals surface area contributed by atoms with Gasteiger partial charge in [0.25, 0.3) is 0 Å². The number of para-hydroxylation sites is 1. The predicted molar refractivity (Wildman–Crippen MR) is 86.1 cm³/mol. The third kappa shape index (κ3) is 2.07. The number of anilines is 2. The zero-order valence-corrected chi connectivity index (χ0v) is 12.5. The maximum Gasteiger partial charge on any atom is 0.238 e. The molecule has 1 amide bonds. The van der Waals surface area contributed by atoms with E-state index in [9.17, 15) is 4.79 Å². The molecule has 2 aliphatic heterocycles. The van der Waals surface area contributed by atoms with Crippen LogP contribution in [0.2, 0.25) is 0 Å². The summed E-state index contributed by atoms with van der Waals surface area (Å²) in [7, 11) is 0. The lowest BCUT2D eigenvalue weighted by Gasteiger charge is -2.25. The van der Waals surface area contributed by atoms with E-state index in [-0.39, 0.29) is 18.1 Å². The Bertz CT molecular complexity index is 750. The number of ether oxygens (including phenoxy) is 2. The largest absolute Gasteiger partial charge is 0.454 e. The van der Waals surface area contributed by atoms with Crippen LogP contribution in [0.3, 0.4) is 0 Å². The molecule has 1 fully saturated rings. The molecule has 5 nitrogen and oxygen atoms in total. The Morgan fingerprint density at radius 1 is 1.14 bits per heavy atom. The minimum atomic E-state index is -0.117. The Morgan fingerprint density at radius 2 is 1.95 bits per heavy atom. The van der Waals surface area contributed by atoms with Crippen molar-refractivity contribution in [1.29, 1.82) is 0 Å². The van der Waals surface area contributed by atoms with E-state index in [0.29, 0.717) is 22.9 Å². The number of nitrogen functional groups attached to an aromatic ring is 1. The van der Waals surface area contributed by atoms with E-state index < -0.39 is 0 Å². The van der Waals surface area contributed by atoms with Gasteiger partial charge >= 0.3 is 0 Å². The van der Waals surface area contributed by atoms with E-state index in [4.69, 9.17) is 15.2 Å². The molecule has 2 aliphatic rings. The van der Waals surface area contributed by atoms with Crippen molar-refractivity contribution >= 4 is 29.0 Å². The van der Waals surface area contributed by atoms with Gasteiger partial charge in [-0.1, -0.05) is 18.2 Å². The second-order valence-electron chi connectivity index (χ2n) is 5.09. The smallest absolute Gasteiger partial charge is 0.238 e. The highest BCUT2D eigenvalue weighted by molar-refractivity contribution is 8.00. The van der Waals surface area contributed by atoms with Gasteiger partial charge in [0.15, 0.2) is 11.5 Å². The molecule has 2 aromatic carbocycles. The Morgan fingerprint density at radius 3 is 2.82 bits per heavy atom. The molecule has 1 atom stereocenters. The van der Waals surface area contributed by atoms with Gasteiger partial charge in [-0.25, -0.2) is 0 Å². The van der Waals surface area contributed by atoms with Crippen molar-refractivity contribution < 1.29 is 14.3 Å². The van der Waals surface area contributed by atoms with Gasteiger partial charge in [0, 0.05) is 23.0 Å². The standard InChI is InChI=1S/C16H14N2O3S/c17-12-4-2-1-3-11(12)16-18(15(19)8-22-16)10-5-6-13-14(7-10)21-9-20-13/h1-7,16H,8-9,17H2/t16-/m0/s1. The summed E-state index contributed by atoms with van der Waals surface area (Å²) < 4.78 is 10.7.